The van der Waals surface area contributed by atoms with Crippen molar-refractivity contribution in [3.8, 4) is 0 Å². The first-order valence-electron chi connectivity index (χ1n) is 7.08. The molecular weight excluding hydrogens is 309 g/mol. The summed E-state index contributed by atoms with van der Waals surface area (Å²) in [5.41, 5.74) is 5.94. The molecule has 0 bridgehead atoms. The molecule has 7 heteroatoms. The summed E-state index contributed by atoms with van der Waals surface area (Å²) in [6.07, 6.45) is 0.694. The van der Waals surface area contributed by atoms with E-state index in [4.69, 9.17) is 5.73 Å². The Balaban J connectivity index is 0.00000242. The van der Waals surface area contributed by atoms with Crippen LogP contribution in [0.3, 0.4) is 0 Å². The molecule has 122 valence electrons. The summed E-state index contributed by atoms with van der Waals surface area (Å²) >= 11 is 0. The van der Waals surface area contributed by atoms with Gasteiger partial charge in [0.15, 0.2) is 0 Å². The minimum Gasteiger partial charge on any atom is -0.340 e. The number of nitrogens with zero attached hydrogens (tertiary/aromatic N) is 2. The van der Waals surface area contributed by atoms with Crippen LogP contribution in [0.1, 0.15) is 23.7 Å². The molecule has 1 aromatic rings. The van der Waals surface area contributed by atoms with Crippen LogP contribution < -0.4 is 5.73 Å². The minimum absolute atomic E-state index is 0. The van der Waals surface area contributed by atoms with Gasteiger partial charge in [-0.15, -0.1) is 12.4 Å². The Morgan fingerprint density at radius 2 is 1.82 bits per heavy atom. The molecule has 1 aromatic carbocycles. The first-order chi connectivity index (χ1) is 9.99. The Hall–Kier alpha value is -1.66. The first-order valence-corrected chi connectivity index (χ1v) is 7.08. The van der Waals surface area contributed by atoms with Crippen LogP contribution in [-0.4, -0.2) is 53.8 Å². The van der Waals surface area contributed by atoms with Crippen LogP contribution in [0.15, 0.2) is 24.3 Å². The average Bonchev–Trinajstić information content (AvgIpc) is 2.71. The molecule has 1 fully saturated rings. The van der Waals surface area contributed by atoms with Gasteiger partial charge in [-0.1, -0.05) is 6.07 Å². The second-order valence-electron chi connectivity index (χ2n) is 5.27. The molecule has 1 aliphatic heterocycles. The summed E-state index contributed by atoms with van der Waals surface area (Å²) in [5.74, 6) is -0.732. The Kier molecular flexibility index (Phi) is 6.77. The number of rotatable bonds is 2. The molecule has 1 atom stereocenters. The van der Waals surface area contributed by atoms with Crippen LogP contribution >= 0.6 is 12.4 Å². The molecule has 0 saturated carbocycles. The van der Waals surface area contributed by atoms with Crippen molar-refractivity contribution in [1.82, 2.24) is 9.80 Å². The summed E-state index contributed by atoms with van der Waals surface area (Å²) in [4.78, 5) is 27.6. The van der Waals surface area contributed by atoms with Gasteiger partial charge >= 0.3 is 0 Å². The molecule has 0 unspecified atom stereocenters. The van der Waals surface area contributed by atoms with Crippen molar-refractivity contribution in [2.75, 3.05) is 26.2 Å². The van der Waals surface area contributed by atoms with Crippen LogP contribution in [-0.2, 0) is 4.79 Å². The van der Waals surface area contributed by atoms with E-state index in [1.54, 1.807) is 22.8 Å². The predicted octanol–water partition coefficient (Wildman–Crippen LogP) is 1.27. The molecule has 1 saturated heterocycles. The summed E-state index contributed by atoms with van der Waals surface area (Å²) in [6, 6.07) is 5.13. The Morgan fingerprint density at radius 3 is 2.45 bits per heavy atom. The number of nitrogens with two attached hydrogens (primary N) is 1. The van der Waals surface area contributed by atoms with Crippen molar-refractivity contribution in [2.24, 2.45) is 5.73 Å². The van der Waals surface area contributed by atoms with E-state index in [-0.39, 0.29) is 24.2 Å². The fourth-order valence-electron chi connectivity index (χ4n) is 2.43. The number of carbonyl (C=O) groups excluding carboxylic acids is 2. The topological polar surface area (TPSA) is 66.6 Å². The molecule has 1 aliphatic rings. The molecule has 0 radical (unpaired) electrons. The van der Waals surface area contributed by atoms with Gasteiger partial charge in [0.2, 0.25) is 5.91 Å². The zero-order chi connectivity index (χ0) is 15.4. The molecule has 0 aromatic heterocycles. The summed E-state index contributed by atoms with van der Waals surface area (Å²) in [5, 5.41) is 0. The van der Waals surface area contributed by atoms with Crippen molar-refractivity contribution in [2.45, 2.75) is 19.4 Å². The molecule has 1 heterocycles. The van der Waals surface area contributed by atoms with E-state index in [0.717, 1.165) is 0 Å². The van der Waals surface area contributed by atoms with Crippen molar-refractivity contribution in [1.29, 1.82) is 0 Å². The van der Waals surface area contributed by atoms with Gasteiger partial charge in [-0.3, -0.25) is 9.59 Å². The van der Waals surface area contributed by atoms with Gasteiger partial charge < -0.3 is 15.5 Å². The maximum atomic E-state index is 13.2. The highest BCUT2D eigenvalue weighted by Crippen LogP contribution is 2.11. The highest BCUT2D eigenvalue weighted by molar-refractivity contribution is 5.94. The number of amides is 2. The van der Waals surface area contributed by atoms with Gasteiger partial charge in [-0.05, 0) is 31.5 Å². The summed E-state index contributed by atoms with van der Waals surface area (Å²) in [6.45, 7) is 3.70. The molecule has 0 spiro atoms. The SMILES string of the molecule is C[C@H](N)C(=O)N1CCCN(C(=O)c2cccc(F)c2)CC1.Cl. The van der Waals surface area contributed by atoms with Crippen LogP contribution in [0.25, 0.3) is 0 Å². The molecule has 5 nitrogen and oxygen atoms in total. The van der Waals surface area contributed by atoms with Crippen molar-refractivity contribution in [3.63, 3.8) is 0 Å². The van der Waals surface area contributed by atoms with Gasteiger partial charge in [0, 0.05) is 31.7 Å². The normalized spacial score (nSPS) is 16.5. The molecule has 22 heavy (non-hydrogen) atoms. The predicted molar refractivity (Wildman–Crippen MR) is 84.4 cm³/mol. The van der Waals surface area contributed by atoms with Crippen molar-refractivity contribution < 1.29 is 14.0 Å². The minimum atomic E-state index is -0.532. The monoisotopic (exact) mass is 329 g/mol. The maximum Gasteiger partial charge on any atom is 0.254 e. The lowest BCUT2D eigenvalue weighted by Gasteiger charge is -2.23. The van der Waals surface area contributed by atoms with E-state index >= 15 is 0 Å². The standard InChI is InChI=1S/C15H20FN3O2.ClH/c1-11(17)14(20)18-6-3-7-19(9-8-18)15(21)12-4-2-5-13(16)10-12;/h2,4-5,10-11H,3,6-9,17H2,1H3;1H/t11-;/m0./s1. The quantitative estimate of drug-likeness (QED) is 0.888. The van der Waals surface area contributed by atoms with E-state index in [1.165, 1.54) is 18.2 Å². The van der Waals surface area contributed by atoms with Crippen LogP contribution in [0, 0.1) is 5.82 Å². The molecule has 0 aliphatic carbocycles. The Morgan fingerprint density at radius 1 is 1.18 bits per heavy atom. The highest BCUT2D eigenvalue weighted by Gasteiger charge is 2.24. The fourth-order valence-corrected chi connectivity index (χ4v) is 2.43. The average molecular weight is 330 g/mol. The third-order valence-electron chi connectivity index (χ3n) is 3.56. The van der Waals surface area contributed by atoms with E-state index in [1.807, 2.05) is 0 Å². The van der Waals surface area contributed by atoms with E-state index in [0.29, 0.717) is 38.2 Å². The second-order valence-corrected chi connectivity index (χ2v) is 5.27. The third-order valence-corrected chi connectivity index (χ3v) is 3.56. The number of carbonyl (C=O) groups is 2. The number of hydrogen-bond acceptors (Lipinski definition) is 3. The zero-order valence-electron chi connectivity index (χ0n) is 12.5. The van der Waals surface area contributed by atoms with Gasteiger partial charge in [-0.25, -0.2) is 4.39 Å². The van der Waals surface area contributed by atoms with Crippen molar-refractivity contribution >= 4 is 24.2 Å². The van der Waals surface area contributed by atoms with Crippen LogP contribution in [0.5, 0.6) is 0 Å². The van der Waals surface area contributed by atoms with E-state index < -0.39 is 11.9 Å². The number of benzene rings is 1. The van der Waals surface area contributed by atoms with Crippen molar-refractivity contribution in [3.05, 3.63) is 35.6 Å². The fraction of sp³-hybridized carbons (Fsp3) is 0.467. The van der Waals surface area contributed by atoms with Gasteiger partial charge in [0.1, 0.15) is 5.82 Å². The zero-order valence-corrected chi connectivity index (χ0v) is 13.3. The summed E-state index contributed by atoms with van der Waals surface area (Å²) in [7, 11) is 0. The maximum absolute atomic E-state index is 13.2. The van der Waals surface area contributed by atoms with E-state index in [9.17, 15) is 14.0 Å². The second kappa shape index (κ2) is 8.10. The van der Waals surface area contributed by atoms with Crippen LogP contribution in [0.2, 0.25) is 0 Å². The van der Waals surface area contributed by atoms with Gasteiger partial charge in [-0.2, -0.15) is 0 Å². The lowest BCUT2D eigenvalue weighted by Crippen LogP contribution is -2.44. The molecular formula is C15H21ClFN3O2. The summed E-state index contributed by atoms with van der Waals surface area (Å²) < 4.78 is 13.2. The largest absolute Gasteiger partial charge is 0.340 e. The van der Waals surface area contributed by atoms with Gasteiger partial charge in [0.25, 0.3) is 5.91 Å². The molecule has 2 rings (SSSR count). The highest BCUT2D eigenvalue weighted by atomic mass is 35.5. The van der Waals surface area contributed by atoms with E-state index in [2.05, 4.69) is 0 Å². The first kappa shape index (κ1) is 18.4. The third kappa shape index (κ3) is 4.42. The lowest BCUT2D eigenvalue weighted by atomic mass is 10.2. The molecule has 2 amide bonds. The Bertz CT molecular complexity index is 539. The number of halogens is 2. The lowest BCUT2D eigenvalue weighted by molar-refractivity contribution is -0.132. The van der Waals surface area contributed by atoms with Crippen LogP contribution in [0.4, 0.5) is 4.39 Å². The Labute approximate surface area is 135 Å². The number of hydrogen-bond donors (Lipinski definition) is 1. The van der Waals surface area contributed by atoms with Gasteiger partial charge in [0.05, 0.1) is 6.04 Å². The molecule has 2 N–H and O–H groups in total. The smallest absolute Gasteiger partial charge is 0.254 e.